The van der Waals surface area contributed by atoms with E-state index in [1.807, 2.05) is 11.8 Å². The third-order valence-electron chi connectivity index (χ3n) is 3.02. The van der Waals surface area contributed by atoms with Gasteiger partial charge in [-0.15, -0.1) is 0 Å². The first-order valence-corrected chi connectivity index (χ1v) is 7.06. The first-order chi connectivity index (χ1) is 6.83. The first-order valence-electron chi connectivity index (χ1n) is 5.77. The van der Waals surface area contributed by atoms with E-state index in [9.17, 15) is 0 Å². The van der Waals surface area contributed by atoms with Crippen molar-refractivity contribution in [2.24, 2.45) is 5.92 Å². The lowest BCUT2D eigenvalue weighted by Gasteiger charge is -2.23. The Morgan fingerprint density at radius 3 is 2.79 bits per heavy atom. The predicted molar refractivity (Wildman–Crippen MR) is 66.1 cm³/mol. The summed E-state index contributed by atoms with van der Waals surface area (Å²) in [4.78, 5) is 0. The molecule has 1 unspecified atom stereocenters. The topological polar surface area (TPSA) is 24.1 Å². The van der Waals surface area contributed by atoms with Crippen LogP contribution in [0.4, 0.5) is 0 Å². The minimum Gasteiger partial charge on any atom is -0.317 e. The van der Waals surface area contributed by atoms with Crippen molar-refractivity contribution in [1.29, 1.82) is 0 Å². The van der Waals surface area contributed by atoms with Gasteiger partial charge in [-0.25, -0.2) is 0 Å². The minimum absolute atomic E-state index is 0.801. The molecule has 0 radical (unpaired) electrons. The molecule has 1 rings (SSSR count). The quantitative estimate of drug-likeness (QED) is 0.661. The highest BCUT2D eigenvalue weighted by Crippen LogP contribution is 2.11. The molecule has 1 aliphatic heterocycles. The van der Waals surface area contributed by atoms with Crippen molar-refractivity contribution in [1.82, 2.24) is 10.6 Å². The number of hydrogen-bond donors (Lipinski definition) is 2. The van der Waals surface area contributed by atoms with E-state index >= 15 is 0 Å². The van der Waals surface area contributed by atoms with Crippen LogP contribution < -0.4 is 10.6 Å². The van der Waals surface area contributed by atoms with Gasteiger partial charge in [-0.1, -0.05) is 6.92 Å². The third kappa shape index (κ3) is 5.23. The van der Waals surface area contributed by atoms with Crippen LogP contribution in [0.15, 0.2) is 0 Å². The van der Waals surface area contributed by atoms with Gasteiger partial charge in [0, 0.05) is 5.25 Å². The highest BCUT2D eigenvalue weighted by Gasteiger charge is 2.11. The van der Waals surface area contributed by atoms with Crippen LogP contribution in [0.25, 0.3) is 0 Å². The molecule has 0 aromatic carbocycles. The van der Waals surface area contributed by atoms with E-state index in [0.717, 1.165) is 11.2 Å². The molecule has 1 saturated heterocycles. The molecule has 2 N–H and O–H groups in total. The largest absolute Gasteiger partial charge is 0.317 e. The molecule has 0 saturated carbocycles. The van der Waals surface area contributed by atoms with Crippen LogP contribution >= 0.6 is 11.8 Å². The van der Waals surface area contributed by atoms with E-state index in [1.54, 1.807) is 0 Å². The van der Waals surface area contributed by atoms with Crippen molar-refractivity contribution in [3.63, 3.8) is 0 Å². The van der Waals surface area contributed by atoms with Gasteiger partial charge in [-0.3, -0.25) is 0 Å². The maximum atomic E-state index is 3.58. The van der Waals surface area contributed by atoms with Gasteiger partial charge in [-0.05, 0) is 57.6 Å². The van der Waals surface area contributed by atoms with Gasteiger partial charge in [0.1, 0.15) is 0 Å². The fourth-order valence-electron chi connectivity index (χ4n) is 1.82. The van der Waals surface area contributed by atoms with Crippen molar-refractivity contribution in [3.8, 4) is 0 Å². The van der Waals surface area contributed by atoms with Crippen LogP contribution in [-0.2, 0) is 0 Å². The number of hydrogen-bond acceptors (Lipinski definition) is 3. The maximum absolute atomic E-state index is 3.58. The third-order valence-corrected chi connectivity index (χ3v) is 4.06. The zero-order valence-electron chi connectivity index (χ0n) is 9.51. The van der Waals surface area contributed by atoms with Gasteiger partial charge >= 0.3 is 0 Å². The summed E-state index contributed by atoms with van der Waals surface area (Å²) >= 11 is 1.96. The Kier molecular flexibility index (Phi) is 6.65. The Morgan fingerprint density at radius 2 is 2.14 bits per heavy atom. The SMILES string of the molecule is CSC(C)CCNCC1CCNCC1. The summed E-state index contributed by atoms with van der Waals surface area (Å²) in [5.74, 6) is 0.917. The van der Waals surface area contributed by atoms with E-state index in [-0.39, 0.29) is 0 Å². The fraction of sp³-hybridized carbons (Fsp3) is 1.00. The molecule has 84 valence electrons. The molecule has 0 spiro atoms. The van der Waals surface area contributed by atoms with E-state index < -0.39 is 0 Å². The fourth-order valence-corrected chi connectivity index (χ4v) is 2.17. The highest BCUT2D eigenvalue weighted by atomic mass is 32.2. The van der Waals surface area contributed by atoms with Crippen LogP contribution in [0.5, 0.6) is 0 Å². The molecule has 1 fully saturated rings. The zero-order chi connectivity index (χ0) is 10.2. The molecule has 1 atom stereocenters. The lowest BCUT2D eigenvalue weighted by atomic mass is 9.98. The Bertz CT molecular complexity index is 135. The van der Waals surface area contributed by atoms with Crippen molar-refractivity contribution in [3.05, 3.63) is 0 Å². The second-order valence-corrected chi connectivity index (χ2v) is 5.51. The second-order valence-electron chi connectivity index (χ2n) is 4.23. The van der Waals surface area contributed by atoms with Crippen LogP contribution in [-0.4, -0.2) is 37.7 Å². The van der Waals surface area contributed by atoms with Gasteiger partial charge in [0.15, 0.2) is 0 Å². The normalized spacial score (nSPS) is 21.0. The summed E-state index contributed by atoms with van der Waals surface area (Å²) in [6.07, 6.45) is 6.19. The Labute approximate surface area is 92.6 Å². The van der Waals surface area contributed by atoms with E-state index in [2.05, 4.69) is 23.8 Å². The van der Waals surface area contributed by atoms with E-state index in [0.29, 0.717) is 0 Å². The predicted octanol–water partition coefficient (Wildman–Crippen LogP) is 1.72. The number of rotatable bonds is 6. The molecule has 0 aliphatic carbocycles. The van der Waals surface area contributed by atoms with Crippen LogP contribution in [0, 0.1) is 5.92 Å². The summed E-state index contributed by atoms with van der Waals surface area (Å²) in [5, 5.41) is 7.78. The molecule has 14 heavy (non-hydrogen) atoms. The number of nitrogens with one attached hydrogen (secondary N) is 2. The maximum Gasteiger partial charge on any atom is 0.00280 e. The summed E-state index contributed by atoms with van der Waals surface area (Å²) in [6.45, 7) is 7.15. The number of thioether (sulfide) groups is 1. The molecular formula is C11H24N2S. The lowest BCUT2D eigenvalue weighted by Crippen LogP contribution is -2.34. The summed E-state index contributed by atoms with van der Waals surface area (Å²) < 4.78 is 0. The molecular weight excluding hydrogens is 192 g/mol. The molecule has 2 nitrogen and oxygen atoms in total. The van der Waals surface area contributed by atoms with Crippen LogP contribution in [0.1, 0.15) is 26.2 Å². The summed E-state index contributed by atoms with van der Waals surface area (Å²) in [5.41, 5.74) is 0. The van der Waals surface area contributed by atoms with Gasteiger partial charge < -0.3 is 10.6 Å². The zero-order valence-corrected chi connectivity index (χ0v) is 10.3. The molecule has 1 aliphatic rings. The Balaban J connectivity index is 1.92. The van der Waals surface area contributed by atoms with Gasteiger partial charge in [0.05, 0.1) is 0 Å². The molecule has 0 aromatic heterocycles. The molecule has 0 aromatic rings. The summed E-state index contributed by atoms with van der Waals surface area (Å²) in [7, 11) is 0. The lowest BCUT2D eigenvalue weighted by molar-refractivity contribution is 0.356. The van der Waals surface area contributed by atoms with Crippen molar-refractivity contribution in [2.45, 2.75) is 31.4 Å². The average molecular weight is 216 g/mol. The second kappa shape index (κ2) is 7.55. The molecule has 0 bridgehead atoms. The van der Waals surface area contributed by atoms with Crippen LogP contribution in [0.3, 0.4) is 0 Å². The minimum atomic E-state index is 0.801. The van der Waals surface area contributed by atoms with Gasteiger partial charge in [0.2, 0.25) is 0 Å². The van der Waals surface area contributed by atoms with Gasteiger partial charge in [-0.2, -0.15) is 11.8 Å². The van der Waals surface area contributed by atoms with E-state index in [1.165, 1.54) is 45.4 Å². The molecule has 0 amide bonds. The standard InChI is InChI=1S/C11H24N2S/c1-10(14-2)3-6-13-9-11-4-7-12-8-5-11/h10-13H,3-9H2,1-2H3. The number of piperidine rings is 1. The monoisotopic (exact) mass is 216 g/mol. The first kappa shape index (κ1) is 12.3. The van der Waals surface area contributed by atoms with E-state index in [4.69, 9.17) is 0 Å². The van der Waals surface area contributed by atoms with Crippen molar-refractivity contribution >= 4 is 11.8 Å². The van der Waals surface area contributed by atoms with Crippen molar-refractivity contribution in [2.75, 3.05) is 32.4 Å². The highest BCUT2D eigenvalue weighted by molar-refractivity contribution is 7.99. The van der Waals surface area contributed by atoms with Gasteiger partial charge in [0.25, 0.3) is 0 Å². The Morgan fingerprint density at radius 1 is 1.43 bits per heavy atom. The summed E-state index contributed by atoms with van der Waals surface area (Å²) in [6, 6.07) is 0. The molecule has 3 heteroatoms. The van der Waals surface area contributed by atoms with Crippen molar-refractivity contribution < 1.29 is 0 Å². The average Bonchev–Trinajstić information content (AvgIpc) is 2.25. The van der Waals surface area contributed by atoms with Crippen LogP contribution in [0.2, 0.25) is 0 Å². The molecule has 1 heterocycles. The smallest absolute Gasteiger partial charge is 0.00280 e. The Hall–Kier alpha value is 0.270.